The van der Waals surface area contributed by atoms with Gasteiger partial charge in [0.05, 0.1) is 6.54 Å². The lowest BCUT2D eigenvalue weighted by molar-refractivity contribution is -0.138. The highest BCUT2D eigenvalue weighted by Crippen LogP contribution is 2.08. The number of hydrogen-bond donors (Lipinski definition) is 5. The van der Waals surface area contributed by atoms with E-state index >= 15 is 0 Å². The van der Waals surface area contributed by atoms with Crippen LogP contribution in [-0.4, -0.2) is 54.0 Å². The van der Waals surface area contributed by atoms with Gasteiger partial charge in [-0.25, -0.2) is 0 Å². The molecule has 0 aromatic carbocycles. The fraction of sp³-hybridized carbons (Fsp3) is 0.692. The molecule has 9 heteroatoms. The first-order valence-electron chi connectivity index (χ1n) is 7.02. The molecule has 3 atom stereocenters. The Morgan fingerprint density at radius 3 is 2.14 bits per heavy atom. The first-order chi connectivity index (χ1) is 10.2. The fourth-order valence-electron chi connectivity index (χ4n) is 1.62. The number of nitrogens with one attached hydrogen (secondary N) is 3. The third-order valence-corrected chi connectivity index (χ3v) is 3.16. The first kappa shape index (κ1) is 19.8. The summed E-state index contributed by atoms with van der Waals surface area (Å²) in [5, 5.41) is 15.6. The third-order valence-electron chi connectivity index (χ3n) is 3.16. The molecule has 0 rings (SSSR count). The first-order valence-corrected chi connectivity index (χ1v) is 7.02. The number of rotatable bonds is 9. The number of nitrogens with two attached hydrogens (primary N) is 1. The van der Waals surface area contributed by atoms with E-state index in [0.29, 0.717) is 6.42 Å². The summed E-state index contributed by atoms with van der Waals surface area (Å²) in [5.41, 5.74) is 5.22. The molecule has 0 aromatic heterocycles. The molecule has 0 aliphatic carbocycles. The molecule has 0 fully saturated rings. The quantitative estimate of drug-likeness (QED) is 0.338. The summed E-state index contributed by atoms with van der Waals surface area (Å²) in [6.07, 6.45) is 0.641. The van der Waals surface area contributed by atoms with Gasteiger partial charge in [0.1, 0.15) is 18.6 Å². The van der Waals surface area contributed by atoms with Gasteiger partial charge in [0.25, 0.3) is 0 Å². The van der Waals surface area contributed by atoms with E-state index in [1.54, 1.807) is 6.92 Å². The van der Waals surface area contributed by atoms with Crippen LogP contribution in [0, 0.1) is 5.92 Å². The largest absolute Gasteiger partial charge is 0.480 e. The monoisotopic (exact) mass is 316 g/mol. The minimum Gasteiger partial charge on any atom is -0.480 e. The zero-order chi connectivity index (χ0) is 17.3. The van der Waals surface area contributed by atoms with Crippen LogP contribution in [0.4, 0.5) is 0 Å². The minimum atomic E-state index is -1.18. The number of amides is 3. The van der Waals surface area contributed by atoms with Crippen molar-refractivity contribution in [2.45, 2.75) is 39.3 Å². The third kappa shape index (κ3) is 7.02. The van der Waals surface area contributed by atoms with Crippen LogP contribution >= 0.6 is 0 Å². The van der Waals surface area contributed by atoms with Crippen LogP contribution in [0.3, 0.4) is 0 Å². The van der Waals surface area contributed by atoms with E-state index in [1.165, 1.54) is 6.92 Å². The predicted molar refractivity (Wildman–Crippen MR) is 78.7 cm³/mol. The van der Waals surface area contributed by atoms with Gasteiger partial charge in [-0.2, -0.15) is 0 Å². The van der Waals surface area contributed by atoms with Crippen molar-refractivity contribution in [2.24, 2.45) is 11.7 Å². The molecule has 0 radical (unpaired) electrons. The van der Waals surface area contributed by atoms with Gasteiger partial charge in [0.2, 0.25) is 17.7 Å². The summed E-state index contributed by atoms with van der Waals surface area (Å²) < 4.78 is 0. The average molecular weight is 316 g/mol. The number of carboxylic acids is 1. The predicted octanol–water partition coefficient (Wildman–Crippen LogP) is -1.82. The second kappa shape index (κ2) is 9.72. The van der Waals surface area contributed by atoms with Crippen molar-refractivity contribution >= 4 is 23.7 Å². The maximum Gasteiger partial charge on any atom is 0.322 e. The van der Waals surface area contributed by atoms with E-state index < -0.39 is 42.3 Å². The highest BCUT2D eigenvalue weighted by molar-refractivity contribution is 5.93. The van der Waals surface area contributed by atoms with E-state index in [0.717, 1.165) is 0 Å². The lowest BCUT2D eigenvalue weighted by atomic mass is 9.98. The lowest BCUT2D eigenvalue weighted by Crippen LogP contribution is -2.55. The molecule has 6 N–H and O–H groups in total. The summed E-state index contributed by atoms with van der Waals surface area (Å²) >= 11 is 0. The van der Waals surface area contributed by atoms with Crippen molar-refractivity contribution in [2.75, 3.05) is 13.1 Å². The summed E-state index contributed by atoms with van der Waals surface area (Å²) in [5.74, 6) is -2.94. The number of aliphatic carboxylic acids is 1. The molecule has 22 heavy (non-hydrogen) atoms. The smallest absolute Gasteiger partial charge is 0.322 e. The van der Waals surface area contributed by atoms with Gasteiger partial charge in [0.15, 0.2) is 0 Å². The maximum absolute atomic E-state index is 12.2. The van der Waals surface area contributed by atoms with Crippen molar-refractivity contribution in [1.29, 1.82) is 0 Å². The minimum absolute atomic E-state index is 0.148. The highest BCUT2D eigenvalue weighted by atomic mass is 16.4. The van der Waals surface area contributed by atoms with Crippen molar-refractivity contribution in [1.82, 2.24) is 16.0 Å². The molecule has 0 spiro atoms. The molecule has 0 aromatic rings. The standard InChI is InChI=1S/C13H24N4O5/c1-4-7(2)11(17-9(18)5-14)13(22)16-8(3)12(21)15-6-10(19)20/h7-8,11H,4-6,14H2,1-3H3,(H,15,21)(H,16,22)(H,17,18)(H,19,20)/t7-,8-,11-/m0/s1. The number of carbonyl (C=O) groups is 4. The molecule has 126 valence electrons. The number of carboxylic acid groups (broad SMARTS) is 1. The second-order valence-corrected chi connectivity index (χ2v) is 4.98. The van der Waals surface area contributed by atoms with E-state index in [-0.39, 0.29) is 12.5 Å². The van der Waals surface area contributed by atoms with Crippen LogP contribution in [0.25, 0.3) is 0 Å². The van der Waals surface area contributed by atoms with Gasteiger partial charge in [-0.15, -0.1) is 0 Å². The number of carbonyl (C=O) groups excluding carboxylic acids is 3. The molecule has 0 saturated heterocycles. The Labute approximate surface area is 129 Å². The molecule has 0 saturated carbocycles. The van der Waals surface area contributed by atoms with Crippen LogP contribution in [-0.2, 0) is 19.2 Å². The normalized spacial score (nSPS) is 14.4. The molecule has 0 unspecified atom stereocenters. The summed E-state index contributed by atoms with van der Waals surface area (Å²) in [6.45, 7) is 4.30. The Balaban J connectivity index is 4.69. The molecular formula is C13H24N4O5. The Morgan fingerprint density at radius 2 is 1.68 bits per heavy atom. The van der Waals surface area contributed by atoms with Gasteiger partial charge >= 0.3 is 5.97 Å². The van der Waals surface area contributed by atoms with Crippen LogP contribution < -0.4 is 21.7 Å². The van der Waals surface area contributed by atoms with Crippen LogP contribution in [0.1, 0.15) is 27.2 Å². The van der Waals surface area contributed by atoms with Crippen molar-refractivity contribution in [3.8, 4) is 0 Å². The van der Waals surface area contributed by atoms with E-state index in [9.17, 15) is 19.2 Å². The zero-order valence-corrected chi connectivity index (χ0v) is 13.0. The van der Waals surface area contributed by atoms with E-state index in [1.807, 2.05) is 6.92 Å². The fourth-order valence-corrected chi connectivity index (χ4v) is 1.62. The molecule has 0 aliphatic rings. The van der Waals surface area contributed by atoms with Crippen molar-refractivity contribution < 1.29 is 24.3 Å². The molecule has 0 heterocycles. The van der Waals surface area contributed by atoms with Crippen molar-refractivity contribution in [3.63, 3.8) is 0 Å². The molecule has 9 nitrogen and oxygen atoms in total. The van der Waals surface area contributed by atoms with Gasteiger partial charge in [-0.3, -0.25) is 19.2 Å². The van der Waals surface area contributed by atoms with Crippen LogP contribution in [0.15, 0.2) is 0 Å². The highest BCUT2D eigenvalue weighted by Gasteiger charge is 2.27. The molecule has 0 bridgehead atoms. The summed E-state index contributed by atoms with van der Waals surface area (Å²) in [7, 11) is 0. The van der Waals surface area contributed by atoms with Gasteiger partial charge in [-0.05, 0) is 12.8 Å². The molecular weight excluding hydrogens is 292 g/mol. The Bertz CT molecular complexity index is 427. The number of hydrogen-bond acceptors (Lipinski definition) is 5. The second-order valence-electron chi connectivity index (χ2n) is 4.98. The van der Waals surface area contributed by atoms with E-state index in [4.69, 9.17) is 10.8 Å². The van der Waals surface area contributed by atoms with E-state index in [2.05, 4.69) is 16.0 Å². The van der Waals surface area contributed by atoms with Crippen LogP contribution in [0.2, 0.25) is 0 Å². The lowest BCUT2D eigenvalue weighted by Gasteiger charge is -2.25. The van der Waals surface area contributed by atoms with Crippen molar-refractivity contribution in [3.05, 3.63) is 0 Å². The van der Waals surface area contributed by atoms with Crippen LogP contribution in [0.5, 0.6) is 0 Å². The Kier molecular flexibility index (Phi) is 8.76. The SMILES string of the molecule is CC[C@H](C)[C@H](NC(=O)CN)C(=O)N[C@@H](C)C(=O)NCC(=O)O. The topological polar surface area (TPSA) is 151 Å². The van der Waals surface area contributed by atoms with Gasteiger partial charge in [-0.1, -0.05) is 20.3 Å². The zero-order valence-electron chi connectivity index (χ0n) is 13.0. The van der Waals surface area contributed by atoms with Gasteiger partial charge in [0, 0.05) is 0 Å². The van der Waals surface area contributed by atoms with Gasteiger partial charge < -0.3 is 26.8 Å². The summed E-state index contributed by atoms with van der Waals surface area (Å²) in [6, 6.07) is -1.73. The Morgan fingerprint density at radius 1 is 1.09 bits per heavy atom. The summed E-state index contributed by atoms with van der Waals surface area (Å²) in [4.78, 5) is 45.6. The molecule has 3 amide bonds. The molecule has 0 aliphatic heterocycles. The average Bonchev–Trinajstić information content (AvgIpc) is 2.48. The maximum atomic E-state index is 12.2. The Hall–Kier alpha value is -2.16.